The van der Waals surface area contributed by atoms with Crippen molar-refractivity contribution in [3.8, 4) is 23.2 Å². The van der Waals surface area contributed by atoms with Crippen LogP contribution in [0.3, 0.4) is 0 Å². The molecule has 1 aromatic carbocycles. The van der Waals surface area contributed by atoms with Crippen molar-refractivity contribution in [3.63, 3.8) is 0 Å². The Bertz CT molecular complexity index is 720. The Balaban J connectivity index is 2.01. The van der Waals surface area contributed by atoms with Crippen molar-refractivity contribution < 1.29 is 4.74 Å². The first kappa shape index (κ1) is 16.8. The maximum atomic E-state index is 8.92. The molecule has 1 fully saturated rings. The molecule has 6 heteroatoms. The summed E-state index contributed by atoms with van der Waals surface area (Å²) in [6.07, 6.45) is 4.89. The average molecular weight is 342 g/mol. The maximum absolute atomic E-state index is 8.92. The lowest BCUT2D eigenvalue weighted by molar-refractivity contribution is 0.247. The quantitative estimate of drug-likeness (QED) is 0.757. The molecule has 1 saturated carbocycles. The second kappa shape index (κ2) is 7.71. The Hall–Kier alpha value is -2.00. The third-order valence-corrected chi connectivity index (χ3v) is 5.49. The van der Waals surface area contributed by atoms with Gasteiger partial charge in [0.1, 0.15) is 5.75 Å². The number of ether oxygens (including phenoxy) is 1. The predicted octanol–water partition coefficient (Wildman–Crippen LogP) is 4.32. The summed E-state index contributed by atoms with van der Waals surface area (Å²) in [4.78, 5) is 0. The molecule has 0 saturated heterocycles. The molecular weight excluding hydrogens is 320 g/mol. The van der Waals surface area contributed by atoms with Crippen molar-refractivity contribution in [1.29, 1.82) is 5.26 Å². The summed E-state index contributed by atoms with van der Waals surface area (Å²) in [6.45, 7) is 2.31. The van der Waals surface area contributed by atoms with E-state index >= 15 is 0 Å². The first-order valence-corrected chi connectivity index (χ1v) is 9.32. The van der Waals surface area contributed by atoms with Crippen molar-refractivity contribution in [1.82, 2.24) is 14.8 Å². The van der Waals surface area contributed by atoms with Gasteiger partial charge in [-0.2, -0.15) is 5.26 Å². The third kappa shape index (κ3) is 3.41. The van der Waals surface area contributed by atoms with Crippen LogP contribution in [0, 0.1) is 17.2 Å². The number of methoxy groups -OCH3 is 1. The lowest BCUT2D eigenvalue weighted by Gasteiger charge is -2.31. The van der Waals surface area contributed by atoms with Gasteiger partial charge in [-0.3, -0.25) is 4.57 Å². The molecule has 0 amide bonds. The van der Waals surface area contributed by atoms with Crippen molar-refractivity contribution in [2.45, 2.75) is 43.8 Å². The smallest absolute Gasteiger partial charge is 0.192 e. The highest BCUT2D eigenvalue weighted by Crippen LogP contribution is 2.39. The van der Waals surface area contributed by atoms with Crippen LogP contribution in [0.15, 0.2) is 29.4 Å². The average Bonchev–Trinajstić information content (AvgIpc) is 3.04. The third-order valence-electron chi connectivity index (χ3n) is 4.68. The summed E-state index contributed by atoms with van der Waals surface area (Å²) < 4.78 is 7.50. The fraction of sp³-hybridized carbons (Fsp3) is 0.500. The lowest BCUT2D eigenvalue weighted by atomic mass is 9.85. The Kier molecular flexibility index (Phi) is 5.41. The Morgan fingerprint density at radius 2 is 2.00 bits per heavy atom. The molecule has 2 aromatic rings. The molecule has 24 heavy (non-hydrogen) atoms. The maximum Gasteiger partial charge on any atom is 0.192 e. The van der Waals surface area contributed by atoms with Crippen LogP contribution in [0.1, 0.15) is 38.6 Å². The van der Waals surface area contributed by atoms with E-state index in [9.17, 15) is 0 Å². The molecule has 0 radical (unpaired) electrons. The highest BCUT2D eigenvalue weighted by molar-refractivity contribution is 7.99. The predicted molar refractivity (Wildman–Crippen MR) is 95.0 cm³/mol. The number of hydrogen-bond donors (Lipinski definition) is 0. The van der Waals surface area contributed by atoms with Gasteiger partial charge in [0.05, 0.1) is 18.9 Å². The first-order chi connectivity index (χ1) is 11.7. The molecule has 0 unspecified atom stereocenters. The molecule has 0 spiro atoms. The van der Waals surface area contributed by atoms with Gasteiger partial charge in [-0.05, 0) is 43.0 Å². The van der Waals surface area contributed by atoms with E-state index in [0.29, 0.717) is 17.7 Å². The molecule has 1 heterocycles. The molecular formula is C18H22N4OS. The van der Waals surface area contributed by atoms with E-state index in [2.05, 4.69) is 27.8 Å². The number of aromatic nitrogens is 3. The number of rotatable bonds is 5. The summed E-state index contributed by atoms with van der Waals surface area (Å²) in [5.74, 6) is 2.70. The Morgan fingerprint density at radius 3 is 2.67 bits per heavy atom. The fourth-order valence-corrected chi connectivity index (χ4v) is 4.04. The minimum Gasteiger partial charge on any atom is -0.497 e. The number of thioether (sulfide) groups is 1. The summed E-state index contributed by atoms with van der Waals surface area (Å²) in [6, 6.07) is 10.5. The van der Waals surface area contributed by atoms with Crippen LogP contribution < -0.4 is 4.74 Å². The first-order valence-electron chi connectivity index (χ1n) is 8.33. The molecule has 0 bridgehead atoms. The summed E-state index contributed by atoms with van der Waals surface area (Å²) >= 11 is 1.47. The minimum absolute atomic E-state index is 0.391. The zero-order valence-corrected chi connectivity index (χ0v) is 14.9. The lowest BCUT2D eigenvalue weighted by Crippen LogP contribution is -2.22. The van der Waals surface area contributed by atoms with Crippen molar-refractivity contribution in [2.75, 3.05) is 12.9 Å². The number of nitriles is 1. The van der Waals surface area contributed by atoms with Gasteiger partial charge in [-0.15, -0.1) is 10.2 Å². The monoisotopic (exact) mass is 342 g/mol. The van der Waals surface area contributed by atoms with E-state index in [1.54, 1.807) is 7.11 Å². The van der Waals surface area contributed by atoms with Gasteiger partial charge < -0.3 is 4.74 Å². The van der Waals surface area contributed by atoms with E-state index in [-0.39, 0.29) is 0 Å². The zero-order chi connectivity index (χ0) is 16.9. The molecule has 3 rings (SSSR count). The molecule has 1 aliphatic carbocycles. The molecule has 1 aliphatic rings. The van der Waals surface area contributed by atoms with Crippen LogP contribution in [0.25, 0.3) is 11.4 Å². The second-order valence-electron chi connectivity index (χ2n) is 6.18. The van der Waals surface area contributed by atoms with Crippen molar-refractivity contribution >= 4 is 11.8 Å². The standard InChI is InChI=1S/C18H22N4OS/c1-13-5-3-4-6-16(13)22-17(20-21-18(22)24-12-11-19)14-7-9-15(23-2)10-8-14/h7-10,13,16H,3-6,12H2,1-2H3/t13-,16-/m0/s1. The molecule has 2 atom stereocenters. The summed E-state index contributed by atoms with van der Waals surface area (Å²) in [5.41, 5.74) is 1.03. The van der Waals surface area contributed by atoms with Gasteiger partial charge >= 0.3 is 0 Å². The van der Waals surface area contributed by atoms with Gasteiger partial charge in [0.15, 0.2) is 11.0 Å². The topological polar surface area (TPSA) is 63.7 Å². The van der Waals surface area contributed by atoms with Crippen molar-refractivity contribution in [3.05, 3.63) is 24.3 Å². The molecule has 0 aliphatic heterocycles. The van der Waals surface area contributed by atoms with Gasteiger partial charge in [0, 0.05) is 11.6 Å². The van der Waals surface area contributed by atoms with Crippen LogP contribution in [0.5, 0.6) is 5.75 Å². The van der Waals surface area contributed by atoms with Crippen molar-refractivity contribution in [2.24, 2.45) is 5.92 Å². The van der Waals surface area contributed by atoms with Crippen LogP contribution in [0.4, 0.5) is 0 Å². The normalized spacial score (nSPS) is 20.5. The molecule has 126 valence electrons. The van der Waals surface area contributed by atoms with E-state index in [4.69, 9.17) is 10.00 Å². The van der Waals surface area contributed by atoms with Gasteiger partial charge in [-0.25, -0.2) is 0 Å². The molecule has 0 N–H and O–H groups in total. The van der Waals surface area contributed by atoms with E-state index in [0.717, 1.165) is 28.7 Å². The van der Waals surface area contributed by atoms with Crippen LogP contribution in [-0.2, 0) is 0 Å². The Morgan fingerprint density at radius 1 is 1.25 bits per heavy atom. The number of hydrogen-bond acceptors (Lipinski definition) is 5. The highest BCUT2D eigenvalue weighted by atomic mass is 32.2. The van der Waals surface area contributed by atoms with Gasteiger partial charge in [0.2, 0.25) is 0 Å². The van der Waals surface area contributed by atoms with Crippen LogP contribution >= 0.6 is 11.8 Å². The zero-order valence-electron chi connectivity index (χ0n) is 14.1. The highest BCUT2D eigenvalue weighted by Gasteiger charge is 2.28. The second-order valence-corrected chi connectivity index (χ2v) is 7.12. The largest absolute Gasteiger partial charge is 0.497 e. The fourth-order valence-electron chi connectivity index (χ4n) is 3.39. The van der Waals surface area contributed by atoms with Crippen LogP contribution in [-0.4, -0.2) is 27.6 Å². The van der Waals surface area contributed by atoms with Crippen LogP contribution in [0.2, 0.25) is 0 Å². The van der Waals surface area contributed by atoms with E-state index < -0.39 is 0 Å². The summed E-state index contributed by atoms with van der Waals surface area (Å²) in [7, 11) is 1.66. The summed E-state index contributed by atoms with van der Waals surface area (Å²) in [5, 5.41) is 18.6. The van der Waals surface area contributed by atoms with E-state index in [1.165, 1.54) is 31.0 Å². The SMILES string of the molecule is COc1ccc(-c2nnc(SCC#N)n2[C@H]2CCCC[C@@H]2C)cc1. The minimum atomic E-state index is 0.391. The molecule has 1 aromatic heterocycles. The van der Waals surface area contributed by atoms with E-state index in [1.807, 2.05) is 24.3 Å². The number of benzene rings is 1. The molecule has 5 nitrogen and oxygen atoms in total. The van der Waals surface area contributed by atoms with Gasteiger partial charge in [0.25, 0.3) is 0 Å². The number of nitrogens with zero attached hydrogens (tertiary/aromatic N) is 4. The Labute approximate surface area is 147 Å². The van der Waals surface area contributed by atoms with Gasteiger partial charge in [-0.1, -0.05) is 31.5 Å².